The highest BCUT2D eigenvalue weighted by atomic mass is 35.5. The van der Waals surface area contributed by atoms with E-state index < -0.39 is 10.8 Å². The maximum Gasteiger partial charge on any atom is 0.285 e. The molecule has 0 aliphatic rings. The zero-order chi connectivity index (χ0) is 19.4. The number of benzene rings is 2. The van der Waals surface area contributed by atoms with E-state index in [1.807, 2.05) is 20.1 Å². The van der Waals surface area contributed by atoms with Gasteiger partial charge in [-0.3, -0.25) is 14.9 Å². The second-order valence-electron chi connectivity index (χ2n) is 5.73. The molecule has 6 nitrogen and oxygen atoms in total. The Morgan fingerprint density at radius 3 is 2.35 bits per heavy atom. The van der Waals surface area contributed by atoms with Crippen molar-refractivity contribution in [2.75, 3.05) is 18.3 Å². The van der Waals surface area contributed by atoms with E-state index in [4.69, 9.17) is 16.3 Å². The van der Waals surface area contributed by atoms with Gasteiger partial charge in [-0.2, -0.15) is 0 Å². The van der Waals surface area contributed by atoms with E-state index in [0.29, 0.717) is 21.4 Å². The Bertz CT molecular complexity index is 825. The highest BCUT2D eigenvalue weighted by Gasteiger charge is 2.29. The molecular formula is C18H19ClN2O4S. The molecule has 2 aromatic carbocycles. The first-order chi connectivity index (χ1) is 12.3. The second-order valence-corrected chi connectivity index (χ2v) is 7.01. The van der Waals surface area contributed by atoms with Crippen molar-refractivity contribution < 1.29 is 14.5 Å². The first-order valence-electron chi connectivity index (χ1n) is 7.79. The summed E-state index contributed by atoms with van der Waals surface area (Å²) in [5.41, 5.74) is 0.346. The lowest BCUT2D eigenvalue weighted by molar-refractivity contribution is -0.385. The van der Waals surface area contributed by atoms with E-state index in [0.717, 1.165) is 0 Å². The molecule has 0 radical (unpaired) electrons. The van der Waals surface area contributed by atoms with Crippen LogP contribution in [0.2, 0.25) is 5.02 Å². The smallest absolute Gasteiger partial charge is 0.285 e. The number of rotatable bonds is 6. The van der Waals surface area contributed by atoms with Crippen LogP contribution in [0.5, 0.6) is 5.75 Å². The Morgan fingerprint density at radius 2 is 1.88 bits per heavy atom. The molecule has 0 saturated carbocycles. The van der Waals surface area contributed by atoms with Crippen LogP contribution < -0.4 is 9.64 Å². The van der Waals surface area contributed by atoms with Gasteiger partial charge in [0.15, 0.2) is 0 Å². The third kappa shape index (κ3) is 4.11. The molecule has 1 amide bonds. The number of hydrogen-bond donors (Lipinski definition) is 0. The maximum atomic E-state index is 13.2. The summed E-state index contributed by atoms with van der Waals surface area (Å²) in [6.07, 6.45) is 1.82. The predicted octanol–water partition coefficient (Wildman–Crippen LogP) is 5.03. The number of methoxy groups -OCH3 is 1. The normalized spacial score (nSPS) is 10.7. The number of hydrogen-bond acceptors (Lipinski definition) is 5. The number of carbonyl (C=O) groups is 1. The molecule has 0 bridgehead atoms. The molecule has 2 rings (SSSR count). The fourth-order valence-electron chi connectivity index (χ4n) is 2.57. The third-order valence-corrected chi connectivity index (χ3v) is 4.78. The molecule has 0 saturated heterocycles. The summed E-state index contributed by atoms with van der Waals surface area (Å²) in [5, 5.41) is 12.1. The molecular weight excluding hydrogens is 376 g/mol. The number of nitro benzene ring substituents is 1. The highest BCUT2D eigenvalue weighted by Crippen LogP contribution is 2.36. The lowest BCUT2D eigenvalue weighted by Crippen LogP contribution is -2.37. The lowest BCUT2D eigenvalue weighted by Gasteiger charge is -2.27. The van der Waals surface area contributed by atoms with Crippen LogP contribution in [0.25, 0.3) is 0 Å². The van der Waals surface area contributed by atoms with Gasteiger partial charge >= 0.3 is 0 Å². The fraction of sp³-hybridized carbons (Fsp3) is 0.278. The molecule has 8 heteroatoms. The van der Waals surface area contributed by atoms with Crippen molar-refractivity contribution in [2.24, 2.45) is 0 Å². The average molecular weight is 395 g/mol. The van der Waals surface area contributed by atoms with Crippen LogP contribution in [-0.2, 0) is 0 Å². The molecule has 0 fully saturated rings. The minimum absolute atomic E-state index is 0.0174. The van der Waals surface area contributed by atoms with Gasteiger partial charge in [-0.1, -0.05) is 11.6 Å². The Labute approximate surface area is 161 Å². The molecule has 2 aromatic rings. The van der Waals surface area contributed by atoms with E-state index in [2.05, 4.69) is 0 Å². The Kier molecular flexibility index (Phi) is 6.50. The number of nitro groups is 1. The molecule has 0 aliphatic heterocycles. The number of anilines is 1. The van der Waals surface area contributed by atoms with Crippen LogP contribution in [0.4, 0.5) is 11.4 Å². The Morgan fingerprint density at radius 1 is 1.27 bits per heavy atom. The maximum absolute atomic E-state index is 13.2. The van der Waals surface area contributed by atoms with E-state index >= 15 is 0 Å². The highest BCUT2D eigenvalue weighted by molar-refractivity contribution is 7.98. The molecule has 0 aromatic heterocycles. The number of halogens is 1. The van der Waals surface area contributed by atoms with Crippen molar-refractivity contribution in [2.45, 2.75) is 24.8 Å². The summed E-state index contributed by atoms with van der Waals surface area (Å²) in [6, 6.07) is 9.37. The van der Waals surface area contributed by atoms with Gasteiger partial charge in [-0.25, -0.2) is 0 Å². The molecule has 0 N–H and O–H groups in total. The summed E-state index contributed by atoms with van der Waals surface area (Å²) in [4.78, 5) is 26.3. The second kappa shape index (κ2) is 8.42. The summed E-state index contributed by atoms with van der Waals surface area (Å²) >= 11 is 7.28. The van der Waals surface area contributed by atoms with Gasteiger partial charge in [0.1, 0.15) is 11.3 Å². The monoisotopic (exact) mass is 394 g/mol. The quantitative estimate of drug-likeness (QED) is 0.390. The van der Waals surface area contributed by atoms with E-state index in [-0.39, 0.29) is 17.3 Å². The summed E-state index contributed by atoms with van der Waals surface area (Å²) in [5.74, 6) is -0.0877. The summed E-state index contributed by atoms with van der Waals surface area (Å²) in [7, 11) is 1.44. The topological polar surface area (TPSA) is 72.7 Å². The van der Waals surface area contributed by atoms with Crippen molar-refractivity contribution >= 4 is 40.6 Å². The van der Waals surface area contributed by atoms with Crippen LogP contribution in [0, 0.1) is 10.1 Å². The summed E-state index contributed by atoms with van der Waals surface area (Å²) in [6.45, 7) is 3.69. The van der Waals surface area contributed by atoms with Gasteiger partial charge in [0.25, 0.3) is 11.6 Å². The van der Waals surface area contributed by atoms with Crippen LogP contribution in [0.3, 0.4) is 0 Å². The minimum atomic E-state index is -0.569. The van der Waals surface area contributed by atoms with Crippen molar-refractivity contribution in [1.29, 1.82) is 0 Å². The van der Waals surface area contributed by atoms with E-state index in [1.54, 1.807) is 24.3 Å². The number of amides is 1. The van der Waals surface area contributed by atoms with Gasteiger partial charge in [0, 0.05) is 16.8 Å². The fourth-order valence-corrected chi connectivity index (χ4v) is 3.28. The van der Waals surface area contributed by atoms with E-state index in [9.17, 15) is 14.9 Å². The zero-order valence-corrected chi connectivity index (χ0v) is 16.4. The zero-order valence-electron chi connectivity index (χ0n) is 14.9. The minimum Gasteiger partial charge on any atom is -0.495 e. The molecule has 0 spiro atoms. The van der Waals surface area contributed by atoms with Gasteiger partial charge in [-0.15, -0.1) is 11.8 Å². The van der Waals surface area contributed by atoms with Gasteiger partial charge in [-0.05, 0) is 50.4 Å². The van der Waals surface area contributed by atoms with Crippen LogP contribution >= 0.6 is 23.4 Å². The number of thioether (sulfide) groups is 1. The van der Waals surface area contributed by atoms with Crippen molar-refractivity contribution in [3.05, 3.63) is 57.1 Å². The van der Waals surface area contributed by atoms with Crippen LogP contribution in [-0.4, -0.2) is 30.2 Å². The van der Waals surface area contributed by atoms with Crippen LogP contribution in [0.1, 0.15) is 24.2 Å². The van der Waals surface area contributed by atoms with Crippen molar-refractivity contribution in [3.63, 3.8) is 0 Å². The molecule has 0 aliphatic carbocycles. The van der Waals surface area contributed by atoms with Crippen LogP contribution in [0.15, 0.2) is 41.3 Å². The molecule has 26 heavy (non-hydrogen) atoms. The number of nitrogens with zero attached hydrogens (tertiary/aromatic N) is 2. The van der Waals surface area contributed by atoms with Crippen molar-refractivity contribution in [3.8, 4) is 5.75 Å². The lowest BCUT2D eigenvalue weighted by atomic mass is 10.1. The summed E-state index contributed by atoms with van der Waals surface area (Å²) < 4.78 is 5.20. The largest absolute Gasteiger partial charge is 0.495 e. The average Bonchev–Trinajstić information content (AvgIpc) is 2.61. The molecule has 0 atom stereocenters. The standard InChI is InChI=1S/C18H19ClN2O4S/c1-11(2)20(13-7-5-12(19)6-8-13)18(22)14-9-17(26-4)16(25-3)10-15(14)21(23)24/h5-11H,1-4H3. The Balaban J connectivity index is 2.61. The molecule has 0 unspecified atom stereocenters. The number of ether oxygens (including phenoxy) is 1. The molecule has 0 heterocycles. The first-order valence-corrected chi connectivity index (χ1v) is 9.40. The molecule has 138 valence electrons. The first kappa shape index (κ1) is 20.1. The third-order valence-electron chi connectivity index (χ3n) is 3.77. The Hall–Kier alpha value is -2.25. The van der Waals surface area contributed by atoms with Gasteiger partial charge < -0.3 is 9.64 Å². The SMILES string of the molecule is COc1cc([N+](=O)[O-])c(C(=O)N(c2ccc(Cl)cc2)C(C)C)cc1SC. The van der Waals surface area contributed by atoms with Gasteiger partial charge in [0.2, 0.25) is 0 Å². The van der Waals surface area contributed by atoms with E-state index in [1.165, 1.54) is 35.9 Å². The predicted molar refractivity (Wildman–Crippen MR) is 105 cm³/mol. The van der Waals surface area contributed by atoms with Gasteiger partial charge in [0.05, 0.1) is 23.0 Å². The number of carbonyl (C=O) groups excluding carboxylic acids is 1. The van der Waals surface area contributed by atoms with Crippen molar-refractivity contribution in [1.82, 2.24) is 0 Å².